The number of rotatable bonds is 6. The highest BCUT2D eigenvalue weighted by Gasteiger charge is 2.17. The van der Waals surface area contributed by atoms with Crippen LogP contribution in [0.15, 0.2) is 170 Å². The first-order valence-electron chi connectivity index (χ1n) is 16.9. The van der Waals surface area contributed by atoms with Gasteiger partial charge in [0.25, 0.3) is 0 Å². The number of imidazole rings is 1. The van der Waals surface area contributed by atoms with Crippen molar-refractivity contribution in [1.29, 1.82) is 0 Å². The Morgan fingerprint density at radius 3 is 1.71 bits per heavy atom. The molecule has 0 amide bonds. The van der Waals surface area contributed by atoms with Gasteiger partial charge in [-0.05, 0) is 102 Å². The maximum absolute atomic E-state index is 4.93. The standard InChI is InChI=1S/C46H33N3/c1-2-44-48-42-21-7-8-22-43(42)49(44)37-16-10-13-34(29-37)33-12-9-14-35(28-33)46-40-19-5-3-17-38(40)45(39-18-4-6-20-41(39)46)32-25-23-31(24-26-32)36-15-11-27-47-30-36/h3-30H,2H2,1H3. The Hall–Kier alpha value is -6.32. The van der Waals surface area contributed by atoms with E-state index in [1.807, 2.05) is 18.5 Å². The molecular weight excluding hydrogens is 595 g/mol. The number of hydrogen-bond donors (Lipinski definition) is 0. The fourth-order valence-corrected chi connectivity index (χ4v) is 7.39. The van der Waals surface area contributed by atoms with Gasteiger partial charge in [-0.15, -0.1) is 0 Å². The smallest absolute Gasteiger partial charge is 0.114 e. The van der Waals surface area contributed by atoms with Crippen LogP contribution >= 0.6 is 0 Å². The van der Waals surface area contributed by atoms with Crippen LogP contribution in [0.3, 0.4) is 0 Å². The van der Waals surface area contributed by atoms with Gasteiger partial charge in [0, 0.05) is 24.5 Å². The molecule has 0 saturated heterocycles. The molecule has 0 radical (unpaired) electrons. The van der Waals surface area contributed by atoms with Gasteiger partial charge in [0.2, 0.25) is 0 Å². The average molecular weight is 628 g/mol. The molecule has 0 unspecified atom stereocenters. The summed E-state index contributed by atoms with van der Waals surface area (Å²) in [6, 6.07) is 56.9. The third-order valence-corrected chi connectivity index (χ3v) is 9.64. The van der Waals surface area contributed by atoms with Crippen LogP contribution in [0.1, 0.15) is 12.7 Å². The number of hydrogen-bond acceptors (Lipinski definition) is 2. The molecule has 2 aromatic heterocycles. The van der Waals surface area contributed by atoms with Crippen molar-refractivity contribution in [2.45, 2.75) is 13.3 Å². The molecular formula is C46H33N3. The Balaban J connectivity index is 1.19. The van der Waals surface area contributed by atoms with E-state index in [1.165, 1.54) is 54.9 Å². The van der Waals surface area contributed by atoms with Gasteiger partial charge >= 0.3 is 0 Å². The Kier molecular flexibility index (Phi) is 7.09. The van der Waals surface area contributed by atoms with Crippen LogP contribution in [0, 0.1) is 0 Å². The summed E-state index contributed by atoms with van der Waals surface area (Å²) in [6.45, 7) is 2.17. The van der Waals surface area contributed by atoms with Crippen molar-refractivity contribution in [3.8, 4) is 50.2 Å². The van der Waals surface area contributed by atoms with Crippen LogP contribution in [-0.4, -0.2) is 14.5 Å². The zero-order valence-corrected chi connectivity index (χ0v) is 27.2. The van der Waals surface area contributed by atoms with E-state index in [4.69, 9.17) is 4.98 Å². The molecule has 0 saturated carbocycles. The molecule has 2 heterocycles. The monoisotopic (exact) mass is 627 g/mol. The van der Waals surface area contributed by atoms with Gasteiger partial charge in [-0.1, -0.05) is 128 Å². The van der Waals surface area contributed by atoms with Crippen molar-refractivity contribution in [1.82, 2.24) is 14.5 Å². The molecule has 9 aromatic rings. The first kappa shape index (κ1) is 28.9. The van der Waals surface area contributed by atoms with Crippen LogP contribution in [0.4, 0.5) is 0 Å². The fourth-order valence-electron chi connectivity index (χ4n) is 7.39. The number of aryl methyl sites for hydroxylation is 1. The zero-order chi connectivity index (χ0) is 32.7. The molecule has 9 rings (SSSR count). The van der Waals surface area contributed by atoms with Crippen molar-refractivity contribution < 1.29 is 0 Å². The van der Waals surface area contributed by atoms with Crippen LogP contribution in [0.2, 0.25) is 0 Å². The van der Waals surface area contributed by atoms with Gasteiger partial charge in [-0.3, -0.25) is 9.55 Å². The molecule has 232 valence electrons. The molecule has 0 aliphatic rings. The molecule has 0 atom stereocenters. The number of fused-ring (bicyclic) bond motifs is 3. The van der Waals surface area contributed by atoms with Crippen molar-refractivity contribution in [3.05, 3.63) is 176 Å². The third kappa shape index (κ3) is 4.99. The van der Waals surface area contributed by atoms with Crippen molar-refractivity contribution >= 4 is 32.6 Å². The molecule has 0 aliphatic heterocycles. The molecule has 49 heavy (non-hydrogen) atoms. The Morgan fingerprint density at radius 2 is 1.04 bits per heavy atom. The minimum absolute atomic E-state index is 0.860. The fraction of sp³-hybridized carbons (Fsp3) is 0.0435. The summed E-state index contributed by atoms with van der Waals surface area (Å²) < 4.78 is 2.30. The molecule has 0 spiro atoms. The van der Waals surface area contributed by atoms with Gasteiger partial charge in [0.1, 0.15) is 5.82 Å². The average Bonchev–Trinajstić information content (AvgIpc) is 3.56. The quantitative estimate of drug-likeness (QED) is 0.172. The summed E-state index contributed by atoms with van der Waals surface area (Å²) >= 11 is 0. The first-order valence-corrected chi connectivity index (χ1v) is 16.9. The lowest BCUT2D eigenvalue weighted by Crippen LogP contribution is -2.00. The Morgan fingerprint density at radius 1 is 0.469 bits per heavy atom. The first-order chi connectivity index (χ1) is 24.3. The second kappa shape index (κ2) is 12.0. The highest BCUT2D eigenvalue weighted by molar-refractivity contribution is 6.21. The molecule has 3 nitrogen and oxygen atoms in total. The van der Waals surface area contributed by atoms with Crippen LogP contribution in [-0.2, 0) is 6.42 Å². The van der Waals surface area contributed by atoms with Crippen molar-refractivity contribution in [3.63, 3.8) is 0 Å². The van der Waals surface area contributed by atoms with E-state index in [1.54, 1.807) is 0 Å². The van der Waals surface area contributed by atoms with Crippen LogP contribution in [0.25, 0.3) is 82.8 Å². The van der Waals surface area contributed by atoms with Gasteiger partial charge in [-0.25, -0.2) is 4.98 Å². The summed E-state index contributed by atoms with van der Waals surface area (Å²) in [5.41, 5.74) is 12.9. The summed E-state index contributed by atoms with van der Waals surface area (Å²) in [5.74, 6) is 1.07. The molecule has 0 fully saturated rings. The van der Waals surface area contributed by atoms with E-state index in [0.717, 1.165) is 40.1 Å². The lowest BCUT2D eigenvalue weighted by Gasteiger charge is -2.18. The number of benzene rings is 7. The predicted molar refractivity (Wildman–Crippen MR) is 205 cm³/mol. The van der Waals surface area contributed by atoms with E-state index in [9.17, 15) is 0 Å². The lowest BCUT2D eigenvalue weighted by atomic mass is 9.85. The van der Waals surface area contributed by atoms with Crippen molar-refractivity contribution in [2.24, 2.45) is 0 Å². The number of nitrogens with zero attached hydrogens (tertiary/aromatic N) is 3. The maximum atomic E-state index is 4.93. The highest BCUT2D eigenvalue weighted by atomic mass is 15.1. The highest BCUT2D eigenvalue weighted by Crippen LogP contribution is 2.44. The van der Waals surface area contributed by atoms with Gasteiger partial charge in [0.15, 0.2) is 0 Å². The minimum Gasteiger partial charge on any atom is -0.296 e. The van der Waals surface area contributed by atoms with E-state index in [2.05, 4.69) is 168 Å². The van der Waals surface area contributed by atoms with E-state index < -0.39 is 0 Å². The molecule has 7 aromatic carbocycles. The maximum Gasteiger partial charge on any atom is 0.114 e. The predicted octanol–water partition coefficient (Wildman–Crippen LogP) is 12.0. The van der Waals surface area contributed by atoms with Gasteiger partial charge < -0.3 is 0 Å². The molecule has 0 aliphatic carbocycles. The van der Waals surface area contributed by atoms with Crippen LogP contribution in [0.5, 0.6) is 0 Å². The number of para-hydroxylation sites is 2. The number of aromatic nitrogens is 3. The Bertz CT molecular complexity index is 2580. The minimum atomic E-state index is 0.860. The molecule has 0 bridgehead atoms. The summed E-state index contributed by atoms with van der Waals surface area (Å²) in [6.07, 6.45) is 4.59. The summed E-state index contributed by atoms with van der Waals surface area (Å²) in [4.78, 5) is 9.25. The summed E-state index contributed by atoms with van der Waals surface area (Å²) in [5, 5.41) is 4.99. The second-order valence-corrected chi connectivity index (χ2v) is 12.5. The van der Waals surface area contributed by atoms with E-state index in [0.29, 0.717) is 0 Å². The number of pyridine rings is 1. The topological polar surface area (TPSA) is 30.7 Å². The SMILES string of the molecule is CCc1nc2ccccc2n1-c1cccc(-c2cccc(-c3c4ccccc4c(-c4ccc(-c5cccnc5)cc4)c4ccccc34)c2)c1. The lowest BCUT2D eigenvalue weighted by molar-refractivity contribution is 0.908. The van der Waals surface area contributed by atoms with Crippen molar-refractivity contribution in [2.75, 3.05) is 0 Å². The van der Waals surface area contributed by atoms with E-state index in [-0.39, 0.29) is 0 Å². The van der Waals surface area contributed by atoms with Gasteiger partial charge in [0.05, 0.1) is 11.0 Å². The largest absolute Gasteiger partial charge is 0.296 e. The van der Waals surface area contributed by atoms with Gasteiger partial charge in [-0.2, -0.15) is 0 Å². The van der Waals surface area contributed by atoms with Crippen LogP contribution < -0.4 is 0 Å². The molecule has 3 heteroatoms. The zero-order valence-electron chi connectivity index (χ0n) is 27.2. The third-order valence-electron chi connectivity index (χ3n) is 9.64. The molecule has 0 N–H and O–H groups in total. The normalized spacial score (nSPS) is 11.4. The Labute approximate surface area is 285 Å². The second-order valence-electron chi connectivity index (χ2n) is 12.5. The summed E-state index contributed by atoms with van der Waals surface area (Å²) in [7, 11) is 0. The van der Waals surface area contributed by atoms with E-state index >= 15 is 0 Å².